The second-order valence-corrected chi connectivity index (χ2v) is 3.83. The van der Waals surface area contributed by atoms with Gasteiger partial charge in [-0.3, -0.25) is 4.79 Å². The zero-order chi connectivity index (χ0) is 11.4. The molecule has 1 N–H and O–H groups in total. The smallest absolute Gasteiger partial charge is 0.243 e. The van der Waals surface area contributed by atoms with Crippen molar-refractivity contribution in [2.24, 2.45) is 0 Å². The van der Waals surface area contributed by atoms with Gasteiger partial charge in [-0.1, -0.05) is 24.8 Å². The number of ether oxygens (including phenoxy) is 1. The van der Waals surface area contributed by atoms with Gasteiger partial charge in [-0.15, -0.1) is 0 Å². The lowest BCUT2D eigenvalue weighted by atomic mass is 10.0. The molecule has 2 rings (SSSR count). The minimum atomic E-state index is -0.144. The van der Waals surface area contributed by atoms with Crippen LogP contribution >= 0.6 is 0 Å². The lowest BCUT2D eigenvalue weighted by Crippen LogP contribution is -2.20. The van der Waals surface area contributed by atoms with Gasteiger partial charge in [-0.25, -0.2) is 0 Å². The summed E-state index contributed by atoms with van der Waals surface area (Å²) < 4.78 is 5.39. The summed E-state index contributed by atoms with van der Waals surface area (Å²) in [4.78, 5) is 11.0. The summed E-state index contributed by atoms with van der Waals surface area (Å²) in [5.41, 5.74) is 3.68. The Morgan fingerprint density at radius 1 is 1.50 bits per heavy atom. The molecule has 16 heavy (non-hydrogen) atoms. The third-order valence-electron chi connectivity index (χ3n) is 2.70. The van der Waals surface area contributed by atoms with Gasteiger partial charge in [0.15, 0.2) is 0 Å². The number of carbonyl (C=O) groups is 1. The van der Waals surface area contributed by atoms with Crippen LogP contribution in [-0.4, -0.2) is 12.5 Å². The van der Waals surface area contributed by atoms with Crippen molar-refractivity contribution in [2.75, 3.05) is 6.61 Å². The van der Waals surface area contributed by atoms with Gasteiger partial charge in [0, 0.05) is 6.54 Å². The Hall–Kier alpha value is -1.61. The van der Waals surface area contributed by atoms with Crippen molar-refractivity contribution in [2.45, 2.75) is 19.6 Å². The zero-order valence-corrected chi connectivity index (χ0v) is 9.16. The zero-order valence-electron chi connectivity index (χ0n) is 9.16. The minimum absolute atomic E-state index is 0.144. The molecule has 1 aliphatic rings. The van der Waals surface area contributed by atoms with Crippen LogP contribution in [0.4, 0.5) is 0 Å². The molecule has 0 fully saturated rings. The summed E-state index contributed by atoms with van der Waals surface area (Å²) >= 11 is 0. The molecule has 0 aromatic heterocycles. The maximum Gasteiger partial charge on any atom is 0.243 e. The molecule has 0 bridgehead atoms. The highest BCUT2D eigenvalue weighted by atomic mass is 16.5. The van der Waals surface area contributed by atoms with Gasteiger partial charge in [0.05, 0.1) is 13.2 Å². The Morgan fingerprint density at radius 2 is 2.38 bits per heavy atom. The average molecular weight is 217 g/mol. The summed E-state index contributed by atoms with van der Waals surface area (Å²) in [7, 11) is 0. The van der Waals surface area contributed by atoms with E-state index in [4.69, 9.17) is 4.74 Å². The van der Waals surface area contributed by atoms with E-state index in [0.29, 0.717) is 13.2 Å². The largest absolute Gasteiger partial charge is 0.376 e. The predicted molar refractivity (Wildman–Crippen MR) is 61.8 cm³/mol. The third-order valence-corrected chi connectivity index (χ3v) is 2.70. The highest BCUT2D eigenvalue weighted by Gasteiger charge is 2.09. The minimum Gasteiger partial charge on any atom is -0.376 e. The van der Waals surface area contributed by atoms with Crippen molar-refractivity contribution >= 4 is 5.91 Å². The van der Waals surface area contributed by atoms with Crippen LogP contribution in [0.5, 0.6) is 0 Å². The van der Waals surface area contributed by atoms with Crippen molar-refractivity contribution in [1.29, 1.82) is 0 Å². The molecule has 1 aromatic rings. The summed E-state index contributed by atoms with van der Waals surface area (Å²) in [6, 6.07) is 6.26. The molecule has 1 aliphatic heterocycles. The van der Waals surface area contributed by atoms with Crippen molar-refractivity contribution in [3.05, 3.63) is 47.5 Å². The maximum absolute atomic E-state index is 11.0. The molecular formula is C13H15NO2. The number of rotatable bonds is 3. The van der Waals surface area contributed by atoms with Gasteiger partial charge in [-0.2, -0.15) is 0 Å². The van der Waals surface area contributed by atoms with Crippen LogP contribution in [-0.2, 0) is 29.1 Å². The number of amides is 1. The fraction of sp³-hybridized carbons (Fsp3) is 0.308. The Morgan fingerprint density at radius 3 is 3.19 bits per heavy atom. The maximum atomic E-state index is 11.0. The first-order valence-electron chi connectivity index (χ1n) is 5.38. The Labute approximate surface area is 95.1 Å². The van der Waals surface area contributed by atoms with Gasteiger partial charge in [0.25, 0.3) is 0 Å². The van der Waals surface area contributed by atoms with Crippen LogP contribution in [0.1, 0.15) is 16.7 Å². The molecule has 0 spiro atoms. The second kappa shape index (κ2) is 4.94. The molecule has 3 nitrogen and oxygen atoms in total. The molecular weight excluding hydrogens is 202 g/mol. The molecule has 0 saturated carbocycles. The van der Waals surface area contributed by atoms with E-state index in [9.17, 15) is 4.79 Å². The quantitative estimate of drug-likeness (QED) is 0.780. The lowest BCUT2D eigenvalue weighted by Gasteiger charge is -2.17. The van der Waals surface area contributed by atoms with Crippen molar-refractivity contribution in [3.63, 3.8) is 0 Å². The molecule has 1 heterocycles. The van der Waals surface area contributed by atoms with Gasteiger partial charge in [0.1, 0.15) is 0 Å². The number of benzene rings is 1. The first kappa shape index (κ1) is 10.9. The first-order valence-corrected chi connectivity index (χ1v) is 5.38. The molecule has 84 valence electrons. The molecule has 3 heteroatoms. The Kier molecular flexibility index (Phi) is 3.37. The number of hydrogen-bond acceptors (Lipinski definition) is 2. The fourth-order valence-electron chi connectivity index (χ4n) is 1.79. The van der Waals surface area contributed by atoms with Crippen molar-refractivity contribution < 1.29 is 9.53 Å². The van der Waals surface area contributed by atoms with Crippen LogP contribution in [0.3, 0.4) is 0 Å². The number of nitrogens with one attached hydrogen (secondary N) is 1. The predicted octanol–water partition coefficient (Wildman–Crippen LogP) is 1.56. The van der Waals surface area contributed by atoms with E-state index in [1.165, 1.54) is 17.2 Å². The number of fused-ring (bicyclic) bond motifs is 1. The van der Waals surface area contributed by atoms with E-state index in [1.54, 1.807) is 0 Å². The van der Waals surface area contributed by atoms with Gasteiger partial charge in [0.2, 0.25) is 5.91 Å². The summed E-state index contributed by atoms with van der Waals surface area (Å²) in [6.07, 6.45) is 2.26. The fourth-order valence-corrected chi connectivity index (χ4v) is 1.79. The van der Waals surface area contributed by atoms with Crippen molar-refractivity contribution in [3.8, 4) is 0 Å². The van der Waals surface area contributed by atoms with Gasteiger partial charge >= 0.3 is 0 Å². The topological polar surface area (TPSA) is 38.3 Å². The molecule has 0 radical (unpaired) electrons. The monoisotopic (exact) mass is 217 g/mol. The van der Waals surface area contributed by atoms with Crippen LogP contribution < -0.4 is 5.32 Å². The number of hydrogen-bond donors (Lipinski definition) is 1. The van der Waals surface area contributed by atoms with Crippen LogP contribution in [0.2, 0.25) is 0 Å². The second-order valence-electron chi connectivity index (χ2n) is 3.83. The standard InChI is InChI=1S/C13H15NO2/c1-2-13(15)14-8-10-3-4-11-5-6-16-9-12(11)7-10/h2-4,7H,1,5-6,8-9H2,(H,14,15). The van der Waals surface area contributed by atoms with E-state index in [2.05, 4.69) is 24.0 Å². The Balaban J connectivity index is 2.05. The molecule has 0 saturated heterocycles. The van der Waals surface area contributed by atoms with Crippen LogP contribution in [0.25, 0.3) is 0 Å². The number of carbonyl (C=O) groups excluding carboxylic acids is 1. The van der Waals surface area contributed by atoms with E-state index in [0.717, 1.165) is 18.6 Å². The van der Waals surface area contributed by atoms with E-state index >= 15 is 0 Å². The molecule has 1 amide bonds. The van der Waals surface area contributed by atoms with Crippen molar-refractivity contribution in [1.82, 2.24) is 5.32 Å². The molecule has 0 atom stereocenters. The van der Waals surface area contributed by atoms with E-state index in [1.807, 2.05) is 6.07 Å². The lowest BCUT2D eigenvalue weighted by molar-refractivity contribution is -0.116. The normalized spacial score (nSPS) is 14.0. The molecule has 0 aliphatic carbocycles. The summed E-state index contributed by atoms with van der Waals surface area (Å²) in [5, 5.41) is 2.76. The Bertz CT molecular complexity index is 412. The average Bonchev–Trinajstić information content (AvgIpc) is 2.35. The van der Waals surface area contributed by atoms with E-state index in [-0.39, 0.29) is 5.91 Å². The highest BCUT2D eigenvalue weighted by Crippen LogP contribution is 2.18. The summed E-state index contributed by atoms with van der Waals surface area (Å²) in [6.45, 7) is 5.44. The van der Waals surface area contributed by atoms with Crippen LogP contribution in [0, 0.1) is 0 Å². The summed E-state index contributed by atoms with van der Waals surface area (Å²) in [5.74, 6) is -0.144. The third kappa shape index (κ3) is 2.49. The van der Waals surface area contributed by atoms with Gasteiger partial charge < -0.3 is 10.1 Å². The van der Waals surface area contributed by atoms with Gasteiger partial charge in [-0.05, 0) is 29.2 Å². The van der Waals surface area contributed by atoms with E-state index < -0.39 is 0 Å². The molecule has 0 unspecified atom stereocenters. The SMILES string of the molecule is C=CC(=O)NCc1ccc2c(c1)COCC2. The first-order chi connectivity index (χ1) is 7.79. The van der Waals surface area contributed by atoms with Crippen LogP contribution in [0.15, 0.2) is 30.9 Å². The highest BCUT2D eigenvalue weighted by molar-refractivity contribution is 5.86. The molecule has 1 aromatic carbocycles.